The average Bonchev–Trinajstić information content (AvgIpc) is 2.90. The molecule has 1 aromatic heterocycles. The van der Waals surface area contributed by atoms with Gasteiger partial charge in [-0.2, -0.15) is 0 Å². The molecule has 0 radical (unpaired) electrons. The maximum atomic E-state index is 12.5. The Morgan fingerprint density at radius 3 is 2.61 bits per heavy atom. The van der Waals surface area contributed by atoms with Crippen molar-refractivity contribution in [3.63, 3.8) is 0 Å². The molecule has 0 saturated heterocycles. The number of fused-ring (bicyclic) bond motifs is 1. The molecule has 6 heteroatoms. The monoisotopic (exact) mass is 348 g/mol. The van der Waals surface area contributed by atoms with Crippen molar-refractivity contribution < 1.29 is 9.90 Å². The van der Waals surface area contributed by atoms with Crippen molar-refractivity contribution >= 4 is 40.0 Å². The fourth-order valence-corrected chi connectivity index (χ4v) is 2.90. The van der Waals surface area contributed by atoms with Crippen molar-refractivity contribution in [3.05, 3.63) is 69.8 Å². The van der Waals surface area contributed by atoms with Crippen molar-refractivity contribution in [1.29, 1.82) is 0 Å². The second-order valence-electron chi connectivity index (χ2n) is 5.12. The van der Waals surface area contributed by atoms with Crippen molar-refractivity contribution in [3.8, 4) is 0 Å². The molecule has 118 valence electrons. The number of aliphatic hydroxyl groups excluding tert-OH is 1. The first-order valence-corrected chi connectivity index (χ1v) is 7.79. The summed E-state index contributed by atoms with van der Waals surface area (Å²) in [5, 5.41) is 13.9. The van der Waals surface area contributed by atoms with Crippen LogP contribution in [0.5, 0.6) is 0 Å². The van der Waals surface area contributed by atoms with Gasteiger partial charge in [0.2, 0.25) is 0 Å². The van der Waals surface area contributed by atoms with E-state index < -0.39 is 6.04 Å². The number of aromatic nitrogens is 1. The summed E-state index contributed by atoms with van der Waals surface area (Å²) in [7, 11) is 0. The largest absolute Gasteiger partial charge is 0.394 e. The van der Waals surface area contributed by atoms with E-state index in [0.717, 1.165) is 11.1 Å². The van der Waals surface area contributed by atoms with E-state index >= 15 is 0 Å². The predicted octanol–water partition coefficient (Wildman–Crippen LogP) is 3.94. The van der Waals surface area contributed by atoms with E-state index in [2.05, 4.69) is 10.3 Å². The summed E-state index contributed by atoms with van der Waals surface area (Å²) in [5.41, 5.74) is 1.79. The van der Waals surface area contributed by atoms with Crippen LogP contribution in [0.25, 0.3) is 10.9 Å². The van der Waals surface area contributed by atoms with Gasteiger partial charge in [-0.1, -0.05) is 53.5 Å². The number of hydrogen-bond donors (Lipinski definition) is 3. The number of hydrogen-bond acceptors (Lipinski definition) is 2. The van der Waals surface area contributed by atoms with E-state index in [4.69, 9.17) is 23.2 Å². The third kappa shape index (κ3) is 3.20. The molecular weight excluding hydrogens is 335 g/mol. The van der Waals surface area contributed by atoms with E-state index in [-0.39, 0.29) is 18.2 Å². The first-order chi connectivity index (χ1) is 11.1. The number of aliphatic hydroxyl groups is 1. The van der Waals surface area contributed by atoms with Gasteiger partial charge >= 0.3 is 0 Å². The number of H-pyrrole nitrogens is 1. The third-order valence-corrected chi connectivity index (χ3v) is 4.24. The van der Waals surface area contributed by atoms with Gasteiger partial charge < -0.3 is 15.4 Å². The fourth-order valence-electron chi connectivity index (χ4n) is 2.44. The van der Waals surface area contributed by atoms with E-state index in [1.165, 1.54) is 0 Å². The Balaban J connectivity index is 1.90. The van der Waals surface area contributed by atoms with Crippen molar-refractivity contribution in [2.24, 2.45) is 0 Å². The highest BCUT2D eigenvalue weighted by molar-refractivity contribution is 6.39. The number of carbonyl (C=O) groups is 1. The van der Waals surface area contributed by atoms with Gasteiger partial charge in [0.05, 0.1) is 17.7 Å². The van der Waals surface area contributed by atoms with E-state index in [0.29, 0.717) is 15.4 Å². The molecule has 0 aliphatic heterocycles. The lowest BCUT2D eigenvalue weighted by molar-refractivity contribution is 0.0912. The zero-order chi connectivity index (χ0) is 16.4. The van der Waals surface area contributed by atoms with Gasteiger partial charge in [-0.05, 0) is 23.8 Å². The maximum absolute atomic E-state index is 12.5. The smallest absolute Gasteiger partial charge is 0.269 e. The molecule has 1 atom stereocenters. The first kappa shape index (κ1) is 15.9. The van der Waals surface area contributed by atoms with Gasteiger partial charge in [-0.15, -0.1) is 0 Å². The minimum absolute atomic E-state index is 0.209. The molecule has 2 aromatic carbocycles. The predicted molar refractivity (Wildman–Crippen MR) is 92.1 cm³/mol. The molecule has 0 fully saturated rings. The zero-order valence-electron chi connectivity index (χ0n) is 12.0. The summed E-state index contributed by atoms with van der Waals surface area (Å²) in [4.78, 5) is 15.5. The summed E-state index contributed by atoms with van der Waals surface area (Å²) >= 11 is 12.2. The number of carbonyl (C=O) groups excluding carboxylic acids is 1. The van der Waals surface area contributed by atoms with Crippen LogP contribution in [0, 0.1) is 0 Å². The number of halogens is 2. The SMILES string of the molecule is O=C(NC(CO)c1ccccc1)c1[nH]c2ccc(Cl)cc2c1Cl. The van der Waals surface area contributed by atoms with Crippen molar-refractivity contribution in [1.82, 2.24) is 10.3 Å². The quantitative estimate of drug-likeness (QED) is 0.668. The Kier molecular flexibility index (Phi) is 4.57. The molecular formula is C17H14Cl2N2O2. The number of nitrogens with one attached hydrogen (secondary N) is 2. The van der Waals surface area contributed by atoms with Gasteiger partial charge in [-0.25, -0.2) is 0 Å². The van der Waals surface area contributed by atoms with Crippen LogP contribution in [-0.4, -0.2) is 22.6 Å². The lowest BCUT2D eigenvalue weighted by Gasteiger charge is -2.16. The number of rotatable bonds is 4. The Morgan fingerprint density at radius 2 is 1.91 bits per heavy atom. The standard InChI is InChI=1S/C17H14Cl2N2O2/c18-11-6-7-13-12(8-11)15(19)16(20-13)17(23)21-14(9-22)10-4-2-1-3-5-10/h1-8,14,20,22H,9H2,(H,21,23). The highest BCUT2D eigenvalue weighted by atomic mass is 35.5. The molecule has 3 rings (SSSR count). The van der Waals surface area contributed by atoms with Crippen LogP contribution >= 0.6 is 23.2 Å². The second-order valence-corrected chi connectivity index (χ2v) is 5.94. The normalized spacial score (nSPS) is 12.3. The molecule has 0 spiro atoms. The molecule has 0 aliphatic rings. The molecule has 4 nitrogen and oxygen atoms in total. The van der Waals surface area contributed by atoms with Gasteiger partial charge in [0.25, 0.3) is 5.91 Å². The lowest BCUT2D eigenvalue weighted by atomic mass is 10.1. The highest BCUT2D eigenvalue weighted by Crippen LogP contribution is 2.30. The molecule has 0 aliphatic carbocycles. The second kappa shape index (κ2) is 6.62. The minimum atomic E-state index is -0.505. The number of aromatic amines is 1. The Morgan fingerprint density at radius 1 is 1.17 bits per heavy atom. The molecule has 1 heterocycles. The van der Waals surface area contributed by atoms with Gasteiger partial charge in [-0.3, -0.25) is 4.79 Å². The average molecular weight is 349 g/mol. The zero-order valence-corrected chi connectivity index (χ0v) is 13.5. The summed E-state index contributed by atoms with van der Waals surface area (Å²) in [6.07, 6.45) is 0. The van der Waals surface area contributed by atoms with Crippen LogP contribution in [0.1, 0.15) is 22.1 Å². The van der Waals surface area contributed by atoms with Gasteiger partial charge in [0, 0.05) is 15.9 Å². The molecule has 3 aromatic rings. The molecule has 3 N–H and O–H groups in total. The van der Waals surface area contributed by atoms with E-state index in [1.807, 2.05) is 30.3 Å². The van der Waals surface area contributed by atoms with Crippen LogP contribution < -0.4 is 5.32 Å². The van der Waals surface area contributed by atoms with E-state index in [1.54, 1.807) is 18.2 Å². The molecule has 0 bridgehead atoms. The summed E-state index contributed by atoms with van der Waals surface area (Å²) in [5.74, 6) is -0.384. The fraction of sp³-hybridized carbons (Fsp3) is 0.118. The van der Waals surface area contributed by atoms with Gasteiger partial charge in [0.1, 0.15) is 5.69 Å². The Bertz CT molecular complexity index is 846. The maximum Gasteiger partial charge on any atom is 0.269 e. The summed E-state index contributed by atoms with van der Waals surface area (Å²) in [6.45, 7) is -0.209. The minimum Gasteiger partial charge on any atom is -0.394 e. The number of benzene rings is 2. The topological polar surface area (TPSA) is 65.1 Å². The number of amides is 1. The summed E-state index contributed by atoms with van der Waals surface area (Å²) < 4.78 is 0. The Labute approximate surface area is 143 Å². The lowest BCUT2D eigenvalue weighted by Crippen LogP contribution is -2.31. The first-order valence-electron chi connectivity index (χ1n) is 7.03. The Hall–Kier alpha value is -2.01. The molecule has 1 amide bonds. The molecule has 23 heavy (non-hydrogen) atoms. The van der Waals surface area contributed by atoms with Crippen molar-refractivity contribution in [2.75, 3.05) is 6.61 Å². The van der Waals surface area contributed by atoms with Crippen LogP contribution in [-0.2, 0) is 0 Å². The highest BCUT2D eigenvalue weighted by Gasteiger charge is 2.20. The van der Waals surface area contributed by atoms with Crippen LogP contribution in [0.2, 0.25) is 10.0 Å². The van der Waals surface area contributed by atoms with Crippen LogP contribution in [0.4, 0.5) is 0 Å². The molecule has 1 unspecified atom stereocenters. The van der Waals surface area contributed by atoms with Crippen LogP contribution in [0.15, 0.2) is 48.5 Å². The van der Waals surface area contributed by atoms with Crippen LogP contribution in [0.3, 0.4) is 0 Å². The summed E-state index contributed by atoms with van der Waals surface area (Å²) in [6, 6.07) is 13.9. The molecule has 0 saturated carbocycles. The van der Waals surface area contributed by atoms with Crippen molar-refractivity contribution in [2.45, 2.75) is 6.04 Å². The van der Waals surface area contributed by atoms with Gasteiger partial charge in [0.15, 0.2) is 0 Å². The third-order valence-electron chi connectivity index (χ3n) is 3.61. The van der Waals surface area contributed by atoms with E-state index in [9.17, 15) is 9.90 Å².